The first-order valence-electron chi connectivity index (χ1n) is 7.74. The minimum atomic E-state index is 0.227. The first-order chi connectivity index (χ1) is 10.1. The molecule has 0 spiro atoms. The zero-order valence-electron chi connectivity index (χ0n) is 13.3. The lowest BCUT2D eigenvalue weighted by molar-refractivity contribution is -0.119. The number of hydrogen-bond donors (Lipinski definition) is 0. The van der Waals surface area contributed by atoms with Crippen molar-refractivity contribution in [3.8, 4) is 5.75 Å². The van der Waals surface area contributed by atoms with Gasteiger partial charge in [0, 0.05) is 36.8 Å². The van der Waals surface area contributed by atoms with Crippen molar-refractivity contribution in [1.29, 1.82) is 0 Å². The molecule has 0 radical (unpaired) electrons. The van der Waals surface area contributed by atoms with Crippen molar-refractivity contribution >= 4 is 5.78 Å². The van der Waals surface area contributed by atoms with Crippen molar-refractivity contribution in [3.63, 3.8) is 0 Å². The van der Waals surface area contributed by atoms with Crippen LogP contribution in [0, 0.1) is 13.8 Å². The van der Waals surface area contributed by atoms with E-state index in [9.17, 15) is 4.79 Å². The molecule has 1 atom stereocenters. The number of carbonyl (C=O) groups excluding carboxylic acids is 1. The molecule has 0 bridgehead atoms. The third-order valence-corrected chi connectivity index (χ3v) is 4.13. The highest BCUT2D eigenvalue weighted by Crippen LogP contribution is 2.25. The van der Waals surface area contributed by atoms with Crippen LogP contribution in [0.5, 0.6) is 5.75 Å². The maximum atomic E-state index is 12.2. The SMILES string of the molecule is COc1c(C)cnc(CC(=O)CCC2CCCCO2)c1C. The molecule has 1 saturated heterocycles. The van der Waals surface area contributed by atoms with Crippen LogP contribution in [0.15, 0.2) is 6.20 Å². The van der Waals surface area contributed by atoms with Gasteiger partial charge < -0.3 is 9.47 Å². The zero-order valence-corrected chi connectivity index (χ0v) is 13.3. The molecule has 1 aliphatic rings. The second-order valence-electron chi connectivity index (χ2n) is 5.79. The second-order valence-corrected chi connectivity index (χ2v) is 5.79. The number of Topliss-reactive ketones (excluding diaryl/α,β-unsaturated/α-hetero) is 1. The number of ether oxygens (including phenoxy) is 2. The molecule has 0 saturated carbocycles. The van der Waals surface area contributed by atoms with E-state index in [1.165, 1.54) is 6.42 Å². The molecule has 4 heteroatoms. The lowest BCUT2D eigenvalue weighted by atomic mass is 10.00. The van der Waals surface area contributed by atoms with Crippen molar-refractivity contribution in [2.24, 2.45) is 0 Å². The van der Waals surface area contributed by atoms with Gasteiger partial charge in [-0.1, -0.05) is 0 Å². The summed E-state index contributed by atoms with van der Waals surface area (Å²) < 4.78 is 11.0. The topological polar surface area (TPSA) is 48.4 Å². The lowest BCUT2D eigenvalue weighted by Crippen LogP contribution is -2.20. The molecule has 4 nitrogen and oxygen atoms in total. The number of ketones is 1. The van der Waals surface area contributed by atoms with E-state index in [2.05, 4.69) is 4.98 Å². The quantitative estimate of drug-likeness (QED) is 0.807. The Morgan fingerprint density at radius 2 is 2.24 bits per heavy atom. The van der Waals surface area contributed by atoms with Crippen molar-refractivity contribution < 1.29 is 14.3 Å². The van der Waals surface area contributed by atoms with E-state index >= 15 is 0 Å². The summed E-state index contributed by atoms with van der Waals surface area (Å²) in [5.41, 5.74) is 2.80. The maximum Gasteiger partial charge on any atom is 0.138 e. The highest BCUT2D eigenvalue weighted by Gasteiger charge is 2.17. The van der Waals surface area contributed by atoms with Crippen molar-refractivity contribution in [3.05, 3.63) is 23.0 Å². The van der Waals surface area contributed by atoms with Crippen molar-refractivity contribution in [1.82, 2.24) is 4.98 Å². The van der Waals surface area contributed by atoms with Crippen LogP contribution in [-0.2, 0) is 16.0 Å². The molecule has 0 amide bonds. The van der Waals surface area contributed by atoms with Gasteiger partial charge in [0.2, 0.25) is 0 Å². The molecular formula is C17H25NO3. The number of pyridine rings is 1. The Balaban J connectivity index is 1.90. The van der Waals surface area contributed by atoms with E-state index in [1.54, 1.807) is 13.3 Å². The van der Waals surface area contributed by atoms with Crippen LogP contribution < -0.4 is 4.74 Å². The minimum absolute atomic E-state index is 0.227. The number of rotatable bonds is 6. The molecule has 0 aromatic carbocycles. The summed E-state index contributed by atoms with van der Waals surface area (Å²) in [6.07, 6.45) is 7.29. The predicted molar refractivity (Wildman–Crippen MR) is 81.8 cm³/mol. The molecule has 21 heavy (non-hydrogen) atoms. The minimum Gasteiger partial charge on any atom is -0.496 e. The fraction of sp³-hybridized carbons (Fsp3) is 0.647. The van der Waals surface area contributed by atoms with E-state index in [0.717, 1.165) is 48.4 Å². The maximum absolute atomic E-state index is 12.2. The van der Waals surface area contributed by atoms with Crippen molar-refractivity contribution in [2.45, 2.75) is 58.5 Å². The smallest absolute Gasteiger partial charge is 0.138 e. The Bertz CT molecular complexity index is 493. The molecule has 1 unspecified atom stereocenters. The Morgan fingerprint density at radius 3 is 2.90 bits per heavy atom. The van der Waals surface area contributed by atoms with Gasteiger partial charge in [0.15, 0.2) is 0 Å². The summed E-state index contributed by atoms with van der Waals surface area (Å²) in [6.45, 7) is 4.77. The average molecular weight is 291 g/mol. The number of aromatic nitrogens is 1. The lowest BCUT2D eigenvalue weighted by Gasteiger charge is -2.22. The van der Waals surface area contributed by atoms with Gasteiger partial charge in [0.25, 0.3) is 0 Å². The molecule has 1 fully saturated rings. The molecule has 0 N–H and O–H groups in total. The normalized spacial score (nSPS) is 18.5. The van der Waals surface area contributed by atoms with Crippen LogP contribution in [0.25, 0.3) is 0 Å². The van der Waals surface area contributed by atoms with Gasteiger partial charge in [0.05, 0.1) is 18.9 Å². The fourth-order valence-electron chi connectivity index (χ4n) is 2.88. The Labute approximate surface area is 126 Å². The molecule has 0 aliphatic carbocycles. The first kappa shape index (κ1) is 16.0. The second kappa shape index (κ2) is 7.55. The van der Waals surface area contributed by atoms with Gasteiger partial charge in [-0.3, -0.25) is 9.78 Å². The molecule has 1 aliphatic heterocycles. The molecule has 1 aromatic heterocycles. The van der Waals surface area contributed by atoms with Gasteiger partial charge in [-0.05, 0) is 39.5 Å². The largest absolute Gasteiger partial charge is 0.496 e. The third-order valence-electron chi connectivity index (χ3n) is 4.13. The van der Waals surface area contributed by atoms with Crippen LogP contribution in [0.4, 0.5) is 0 Å². The molecule has 116 valence electrons. The van der Waals surface area contributed by atoms with Gasteiger partial charge in [-0.2, -0.15) is 0 Å². The number of nitrogens with zero attached hydrogens (tertiary/aromatic N) is 1. The van der Waals surface area contributed by atoms with E-state index in [4.69, 9.17) is 9.47 Å². The standard InChI is InChI=1S/C17H25NO3/c1-12-11-18-16(13(2)17(12)20-3)10-14(19)7-8-15-6-4-5-9-21-15/h11,15H,4-10H2,1-3H3. The Kier molecular flexibility index (Phi) is 5.74. The highest BCUT2D eigenvalue weighted by atomic mass is 16.5. The number of methoxy groups -OCH3 is 1. The average Bonchev–Trinajstić information content (AvgIpc) is 2.50. The number of hydrogen-bond acceptors (Lipinski definition) is 4. The van der Waals surface area contributed by atoms with Crippen molar-refractivity contribution in [2.75, 3.05) is 13.7 Å². The summed E-state index contributed by atoms with van der Waals surface area (Å²) in [5, 5.41) is 0. The number of aryl methyl sites for hydroxylation is 1. The summed E-state index contributed by atoms with van der Waals surface area (Å²) in [4.78, 5) is 16.5. The van der Waals surface area contributed by atoms with E-state index in [0.29, 0.717) is 12.8 Å². The van der Waals surface area contributed by atoms with Crippen LogP contribution in [0.2, 0.25) is 0 Å². The first-order valence-corrected chi connectivity index (χ1v) is 7.74. The Hall–Kier alpha value is -1.42. The van der Waals surface area contributed by atoms with E-state index < -0.39 is 0 Å². The number of carbonyl (C=O) groups is 1. The monoisotopic (exact) mass is 291 g/mol. The van der Waals surface area contributed by atoms with E-state index in [-0.39, 0.29) is 11.9 Å². The summed E-state index contributed by atoms with van der Waals surface area (Å²) in [7, 11) is 1.65. The van der Waals surface area contributed by atoms with Crippen LogP contribution in [0.3, 0.4) is 0 Å². The Morgan fingerprint density at radius 1 is 1.43 bits per heavy atom. The van der Waals surface area contributed by atoms with Crippen LogP contribution in [0.1, 0.15) is 48.9 Å². The fourth-order valence-corrected chi connectivity index (χ4v) is 2.88. The van der Waals surface area contributed by atoms with Gasteiger partial charge in [0.1, 0.15) is 11.5 Å². The summed E-state index contributed by atoms with van der Waals surface area (Å²) in [6, 6.07) is 0. The van der Waals surface area contributed by atoms with Gasteiger partial charge in [-0.15, -0.1) is 0 Å². The highest BCUT2D eigenvalue weighted by molar-refractivity contribution is 5.81. The molecule has 2 heterocycles. The van der Waals surface area contributed by atoms with E-state index in [1.807, 2.05) is 13.8 Å². The molecular weight excluding hydrogens is 266 g/mol. The summed E-state index contributed by atoms with van der Waals surface area (Å²) >= 11 is 0. The third kappa shape index (κ3) is 4.27. The summed E-state index contributed by atoms with van der Waals surface area (Å²) in [5.74, 6) is 1.06. The molecule has 1 aromatic rings. The zero-order chi connectivity index (χ0) is 15.2. The molecule has 2 rings (SSSR count). The van der Waals surface area contributed by atoms with Crippen LogP contribution >= 0.6 is 0 Å². The van der Waals surface area contributed by atoms with Gasteiger partial charge >= 0.3 is 0 Å². The predicted octanol–water partition coefficient (Wildman–Crippen LogP) is 3.17. The van der Waals surface area contributed by atoms with Gasteiger partial charge in [-0.25, -0.2) is 0 Å². The van der Waals surface area contributed by atoms with Crippen LogP contribution in [-0.4, -0.2) is 30.6 Å².